The Labute approximate surface area is 69.0 Å². The maximum Gasteiger partial charge on any atom is 0.0320 e. The Morgan fingerprint density at radius 2 is 2.09 bits per heavy atom. The third kappa shape index (κ3) is 1.42. The monoisotopic (exact) mass is 154 g/mol. The highest BCUT2D eigenvalue weighted by Crippen LogP contribution is 2.28. The van der Waals surface area contributed by atoms with Crippen LogP contribution in [0.4, 0.5) is 0 Å². The Kier molecular flexibility index (Phi) is 1.90. The number of likely N-dealkylation sites (tertiary alicyclic amines) is 1. The summed E-state index contributed by atoms with van der Waals surface area (Å²) in [5.74, 6) is 0. The Hall–Kier alpha value is -0.0800. The maximum atomic E-state index is 3.59. The molecule has 2 nitrogen and oxygen atoms in total. The van der Waals surface area contributed by atoms with Crippen LogP contribution in [0.3, 0.4) is 0 Å². The summed E-state index contributed by atoms with van der Waals surface area (Å²) in [4.78, 5) is 2.47. The average molecular weight is 154 g/mol. The molecular weight excluding hydrogens is 136 g/mol. The average Bonchev–Trinajstić information content (AvgIpc) is 2.09. The van der Waals surface area contributed by atoms with Crippen molar-refractivity contribution >= 4 is 0 Å². The highest BCUT2D eigenvalue weighted by molar-refractivity contribution is 4.99. The minimum atomic E-state index is 0.533. The Morgan fingerprint density at radius 3 is 2.73 bits per heavy atom. The van der Waals surface area contributed by atoms with E-state index in [1.54, 1.807) is 0 Å². The van der Waals surface area contributed by atoms with Gasteiger partial charge in [-0.15, -0.1) is 0 Å². The van der Waals surface area contributed by atoms with Gasteiger partial charge in [-0.1, -0.05) is 6.42 Å². The first-order valence-corrected chi connectivity index (χ1v) is 4.74. The highest BCUT2D eigenvalue weighted by atomic mass is 15.2. The molecule has 2 heterocycles. The summed E-state index contributed by atoms with van der Waals surface area (Å²) in [7, 11) is 2.24. The van der Waals surface area contributed by atoms with Crippen LogP contribution in [0, 0.1) is 0 Å². The van der Waals surface area contributed by atoms with Crippen LogP contribution in [-0.4, -0.2) is 37.1 Å². The molecule has 1 unspecified atom stereocenters. The van der Waals surface area contributed by atoms with Crippen LogP contribution in [0.15, 0.2) is 0 Å². The second-order valence-electron chi connectivity index (χ2n) is 4.15. The molecule has 1 N–H and O–H groups in total. The summed E-state index contributed by atoms with van der Waals surface area (Å²) in [6, 6.07) is 0. The van der Waals surface area contributed by atoms with Crippen molar-refractivity contribution in [2.24, 2.45) is 0 Å². The number of nitrogens with one attached hydrogen (secondary N) is 1. The SMILES string of the molecule is CN1CCCCC2(CCN2)C1. The number of hydrogen-bond acceptors (Lipinski definition) is 2. The molecule has 0 amide bonds. The van der Waals surface area contributed by atoms with Gasteiger partial charge < -0.3 is 10.2 Å². The minimum absolute atomic E-state index is 0.533. The summed E-state index contributed by atoms with van der Waals surface area (Å²) in [5, 5.41) is 3.59. The first-order chi connectivity index (χ1) is 5.31. The topological polar surface area (TPSA) is 15.3 Å². The summed E-state index contributed by atoms with van der Waals surface area (Å²) in [5.41, 5.74) is 0.533. The molecule has 0 aromatic rings. The van der Waals surface area contributed by atoms with Crippen molar-refractivity contribution in [3.8, 4) is 0 Å². The van der Waals surface area contributed by atoms with E-state index in [4.69, 9.17) is 0 Å². The lowest BCUT2D eigenvalue weighted by atomic mass is 9.83. The predicted octanol–water partition coefficient (Wildman–Crippen LogP) is 0.834. The molecule has 2 aliphatic heterocycles. The Bertz CT molecular complexity index is 140. The van der Waals surface area contributed by atoms with Crippen molar-refractivity contribution in [1.82, 2.24) is 10.2 Å². The van der Waals surface area contributed by atoms with Crippen LogP contribution in [0.2, 0.25) is 0 Å². The molecule has 0 bridgehead atoms. The van der Waals surface area contributed by atoms with Gasteiger partial charge in [-0.3, -0.25) is 0 Å². The van der Waals surface area contributed by atoms with Crippen LogP contribution in [0.5, 0.6) is 0 Å². The first-order valence-electron chi connectivity index (χ1n) is 4.74. The zero-order valence-electron chi connectivity index (χ0n) is 7.40. The van der Waals surface area contributed by atoms with Gasteiger partial charge in [0.2, 0.25) is 0 Å². The second-order valence-corrected chi connectivity index (χ2v) is 4.15. The molecule has 0 radical (unpaired) electrons. The summed E-state index contributed by atoms with van der Waals surface area (Å²) >= 11 is 0. The van der Waals surface area contributed by atoms with Crippen LogP contribution in [0.25, 0.3) is 0 Å². The third-order valence-corrected chi connectivity index (χ3v) is 3.12. The molecule has 2 rings (SSSR count). The minimum Gasteiger partial charge on any atom is -0.310 e. The predicted molar refractivity (Wildman–Crippen MR) is 46.7 cm³/mol. The fraction of sp³-hybridized carbons (Fsp3) is 1.00. The molecule has 64 valence electrons. The Morgan fingerprint density at radius 1 is 1.27 bits per heavy atom. The van der Waals surface area contributed by atoms with Gasteiger partial charge in [-0.25, -0.2) is 0 Å². The van der Waals surface area contributed by atoms with Gasteiger partial charge in [-0.2, -0.15) is 0 Å². The molecule has 0 aliphatic carbocycles. The van der Waals surface area contributed by atoms with E-state index in [2.05, 4.69) is 17.3 Å². The molecule has 2 heteroatoms. The lowest BCUT2D eigenvalue weighted by molar-refractivity contribution is 0.146. The molecule has 2 aliphatic rings. The van der Waals surface area contributed by atoms with E-state index in [-0.39, 0.29) is 0 Å². The molecule has 2 fully saturated rings. The van der Waals surface area contributed by atoms with E-state index >= 15 is 0 Å². The Balaban J connectivity index is 1.97. The van der Waals surface area contributed by atoms with Crippen LogP contribution in [-0.2, 0) is 0 Å². The maximum absolute atomic E-state index is 3.59. The number of likely N-dealkylation sites (N-methyl/N-ethyl adjacent to an activating group) is 1. The van der Waals surface area contributed by atoms with Gasteiger partial charge >= 0.3 is 0 Å². The highest BCUT2D eigenvalue weighted by Gasteiger charge is 2.37. The van der Waals surface area contributed by atoms with Crippen LogP contribution in [0.1, 0.15) is 25.7 Å². The van der Waals surface area contributed by atoms with Gasteiger partial charge in [0.15, 0.2) is 0 Å². The van der Waals surface area contributed by atoms with Crippen LogP contribution >= 0.6 is 0 Å². The van der Waals surface area contributed by atoms with Crippen molar-refractivity contribution < 1.29 is 0 Å². The van der Waals surface area contributed by atoms with Crippen molar-refractivity contribution in [3.05, 3.63) is 0 Å². The van der Waals surface area contributed by atoms with Crippen molar-refractivity contribution in [1.29, 1.82) is 0 Å². The molecule has 11 heavy (non-hydrogen) atoms. The van der Waals surface area contributed by atoms with E-state index in [9.17, 15) is 0 Å². The summed E-state index contributed by atoms with van der Waals surface area (Å²) in [6.07, 6.45) is 5.60. The molecule has 1 atom stereocenters. The largest absolute Gasteiger partial charge is 0.310 e. The lowest BCUT2D eigenvalue weighted by Crippen LogP contribution is -2.61. The van der Waals surface area contributed by atoms with Crippen molar-refractivity contribution in [3.63, 3.8) is 0 Å². The van der Waals surface area contributed by atoms with E-state index in [0.717, 1.165) is 0 Å². The molecule has 2 saturated heterocycles. The number of hydrogen-bond donors (Lipinski definition) is 1. The van der Waals surface area contributed by atoms with Gasteiger partial charge in [-0.05, 0) is 39.4 Å². The quantitative estimate of drug-likeness (QED) is 0.556. The second kappa shape index (κ2) is 2.76. The standard InChI is InChI=1S/C9H18N2/c1-11-7-3-2-4-9(8-11)5-6-10-9/h10H,2-8H2,1H3. The number of rotatable bonds is 0. The van der Waals surface area contributed by atoms with E-state index in [0.29, 0.717) is 5.54 Å². The zero-order valence-corrected chi connectivity index (χ0v) is 7.40. The van der Waals surface area contributed by atoms with Crippen molar-refractivity contribution in [2.75, 3.05) is 26.7 Å². The summed E-state index contributed by atoms with van der Waals surface area (Å²) in [6.45, 7) is 3.81. The van der Waals surface area contributed by atoms with E-state index in [1.165, 1.54) is 45.3 Å². The van der Waals surface area contributed by atoms with Crippen molar-refractivity contribution in [2.45, 2.75) is 31.2 Å². The zero-order chi connectivity index (χ0) is 7.73. The fourth-order valence-corrected chi connectivity index (χ4v) is 2.35. The third-order valence-electron chi connectivity index (χ3n) is 3.12. The van der Waals surface area contributed by atoms with Gasteiger partial charge in [0.1, 0.15) is 0 Å². The molecule has 0 saturated carbocycles. The van der Waals surface area contributed by atoms with Gasteiger partial charge in [0.05, 0.1) is 0 Å². The van der Waals surface area contributed by atoms with Gasteiger partial charge in [0, 0.05) is 12.1 Å². The molecule has 0 aromatic heterocycles. The molecule has 1 spiro atoms. The summed E-state index contributed by atoms with van der Waals surface area (Å²) < 4.78 is 0. The number of nitrogens with zero attached hydrogens (tertiary/aromatic N) is 1. The fourth-order valence-electron chi connectivity index (χ4n) is 2.35. The van der Waals surface area contributed by atoms with Gasteiger partial charge in [0.25, 0.3) is 0 Å². The normalized spacial score (nSPS) is 40.1. The lowest BCUT2D eigenvalue weighted by Gasteiger charge is -2.44. The molecule has 0 aromatic carbocycles. The van der Waals surface area contributed by atoms with E-state index < -0.39 is 0 Å². The smallest absolute Gasteiger partial charge is 0.0320 e. The van der Waals surface area contributed by atoms with E-state index in [1.807, 2.05) is 0 Å². The van der Waals surface area contributed by atoms with Crippen LogP contribution < -0.4 is 5.32 Å². The molecular formula is C9H18N2. The first kappa shape index (κ1) is 7.56.